The standard InChI is InChI=1S/C36H68N2O8S2/c1-3-4-5-6-7-8-9-10-11-12-13-14-15-16-17-20-30-44-33-35(46-36-37-26-25-27-38-36)34-48(41,42)32-24-19-22-29-43-28-21-18-23-31-45-47(2,39)40/h25-27,35H,3-24,28-34H2,1-2H3. The summed E-state index contributed by atoms with van der Waals surface area (Å²) in [7, 11) is -6.73. The largest absolute Gasteiger partial charge is 0.457 e. The van der Waals surface area contributed by atoms with Crippen LogP contribution in [0.15, 0.2) is 18.5 Å². The monoisotopic (exact) mass is 720 g/mol. The van der Waals surface area contributed by atoms with Gasteiger partial charge in [-0.3, -0.25) is 4.18 Å². The summed E-state index contributed by atoms with van der Waals surface area (Å²) < 4.78 is 69.7. The van der Waals surface area contributed by atoms with Crippen molar-refractivity contribution >= 4 is 20.0 Å². The molecule has 0 fully saturated rings. The summed E-state index contributed by atoms with van der Waals surface area (Å²) in [6, 6.07) is 1.84. The van der Waals surface area contributed by atoms with Gasteiger partial charge >= 0.3 is 6.01 Å². The van der Waals surface area contributed by atoms with E-state index in [1.165, 1.54) is 89.9 Å². The zero-order valence-electron chi connectivity index (χ0n) is 30.3. The number of unbranched alkanes of at least 4 members (excludes halogenated alkanes) is 19. The first-order valence-electron chi connectivity index (χ1n) is 18.9. The Kier molecular flexibility index (Phi) is 28.4. The normalized spacial score (nSPS) is 12.8. The minimum Gasteiger partial charge on any atom is -0.457 e. The lowest BCUT2D eigenvalue weighted by Gasteiger charge is -2.18. The summed E-state index contributed by atoms with van der Waals surface area (Å²) in [5.41, 5.74) is 0. The molecule has 1 aromatic heterocycles. The Morgan fingerprint density at radius 2 is 1.02 bits per heavy atom. The molecule has 0 aromatic carbocycles. The summed E-state index contributed by atoms with van der Waals surface area (Å²) >= 11 is 0. The Labute approximate surface area is 293 Å². The number of sulfone groups is 1. The first-order chi connectivity index (χ1) is 23.2. The highest BCUT2D eigenvalue weighted by Gasteiger charge is 2.22. The van der Waals surface area contributed by atoms with Gasteiger partial charge in [0.15, 0.2) is 9.84 Å². The van der Waals surface area contributed by atoms with E-state index in [2.05, 4.69) is 16.9 Å². The lowest BCUT2D eigenvalue weighted by Crippen LogP contribution is -2.33. The van der Waals surface area contributed by atoms with E-state index in [0.717, 1.165) is 44.8 Å². The molecule has 0 amide bonds. The molecule has 1 rings (SSSR count). The van der Waals surface area contributed by atoms with Gasteiger partial charge in [-0.1, -0.05) is 110 Å². The van der Waals surface area contributed by atoms with Crippen molar-refractivity contribution in [1.82, 2.24) is 9.97 Å². The van der Waals surface area contributed by atoms with Crippen molar-refractivity contribution in [2.75, 3.05) is 50.8 Å². The topological polar surface area (TPSA) is 131 Å². The molecule has 48 heavy (non-hydrogen) atoms. The second-order valence-corrected chi connectivity index (χ2v) is 16.9. The second-order valence-electron chi connectivity index (χ2n) is 13.0. The number of nitrogens with zero attached hydrogens (tertiary/aromatic N) is 2. The molecular weight excluding hydrogens is 653 g/mol. The van der Waals surface area contributed by atoms with Gasteiger partial charge in [0.25, 0.3) is 10.1 Å². The van der Waals surface area contributed by atoms with E-state index in [9.17, 15) is 16.8 Å². The molecule has 12 heteroatoms. The first-order valence-corrected chi connectivity index (χ1v) is 22.5. The van der Waals surface area contributed by atoms with Crippen LogP contribution in [0.1, 0.15) is 148 Å². The maximum atomic E-state index is 12.9. The van der Waals surface area contributed by atoms with E-state index in [0.29, 0.717) is 32.7 Å². The van der Waals surface area contributed by atoms with E-state index in [4.69, 9.17) is 18.4 Å². The number of rotatable bonds is 36. The predicted octanol–water partition coefficient (Wildman–Crippen LogP) is 8.25. The van der Waals surface area contributed by atoms with Gasteiger partial charge in [-0.2, -0.15) is 8.42 Å². The van der Waals surface area contributed by atoms with Gasteiger partial charge in [0, 0.05) is 32.2 Å². The van der Waals surface area contributed by atoms with Gasteiger partial charge in [-0.05, 0) is 44.6 Å². The van der Waals surface area contributed by atoms with Crippen molar-refractivity contribution in [2.24, 2.45) is 0 Å². The highest BCUT2D eigenvalue weighted by molar-refractivity contribution is 7.91. The fraction of sp³-hybridized carbons (Fsp3) is 0.889. The zero-order chi connectivity index (χ0) is 35.0. The van der Waals surface area contributed by atoms with Crippen molar-refractivity contribution in [1.29, 1.82) is 0 Å². The van der Waals surface area contributed by atoms with Crippen molar-refractivity contribution in [3.05, 3.63) is 18.5 Å². The Bertz CT molecular complexity index is 1060. The Morgan fingerprint density at radius 1 is 0.583 bits per heavy atom. The van der Waals surface area contributed by atoms with Gasteiger partial charge in [-0.15, -0.1) is 0 Å². The lowest BCUT2D eigenvalue weighted by molar-refractivity contribution is 0.0534. The molecule has 282 valence electrons. The summed E-state index contributed by atoms with van der Waals surface area (Å²) in [5, 5.41) is 0. The van der Waals surface area contributed by atoms with Crippen molar-refractivity contribution in [3.63, 3.8) is 0 Å². The molecular formula is C36H68N2O8S2. The van der Waals surface area contributed by atoms with Crippen LogP contribution < -0.4 is 4.74 Å². The van der Waals surface area contributed by atoms with Crippen molar-refractivity contribution < 1.29 is 35.2 Å². The molecule has 10 nitrogen and oxygen atoms in total. The smallest absolute Gasteiger partial charge is 0.316 e. The van der Waals surface area contributed by atoms with E-state index in [1.54, 1.807) is 18.5 Å². The molecule has 0 bridgehead atoms. The molecule has 0 saturated heterocycles. The average Bonchev–Trinajstić information content (AvgIpc) is 3.04. The second kappa shape index (κ2) is 30.5. The van der Waals surface area contributed by atoms with Crippen LogP contribution in [0, 0.1) is 0 Å². The van der Waals surface area contributed by atoms with Gasteiger partial charge in [0.2, 0.25) is 0 Å². The zero-order valence-corrected chi connectivity index (χ0v) is 31.9. The molecule has 1 heterocycles. The van der Waals surface area contributed by atoms with Crippen LogP contribution in [0.2, 0.25) is 0 Å². The molecule has 0 aliphatic heterocycles. The summed E-state index contributed by atoms with van der Waals surface area (Å²) in [6.07, 6.45) is 29.0. The van der Waals surface area contributed by atoms with E-state index in [-0.39, 0.29) is 30.7 Å². The average molecular weight is 721 g/mol. The molecule has 1 aromatic rings. The van der Waals surface area contributed by atoms with Crippen molar-refractivity contribution in [2.45, 2.75) is 154 Å². The van der Waals surface area contributed by atoms with Crippen LogP contribution in [-0.4, -0.2) is 83.7 Å². The third kappa shape index (κ3) is 30.7. The SMILES string of the molecule is CCCCCCCCCCCCCCCCCCOCC(CS(=O)(=O)CCCCCOCCCCCOS(C)(=O)=O)Oc1ncccn1. The molecule has 0 N–H and O–H groups in total. The third-order valence-electron chi connectivity index (χ3n) is 8.17. The van der Waals surface area contributed by atoms with E-state index in [1.807, 2.05) is 0 Å². The predicted molar refractivity (Wildman–Crippen MR) is 195 cm³/mol. The van der Waals surface area contributed by atoms with Crippen LogP contribution in [0.4, 0.5) is 0 Å². The highest BCUT2D eigenvalue weighted by atomic mass is 32.2. The molecule has 0 saturated carbocycles. The van der Waals surface area contributed by atoms with Gasteiger partial charge in [0.05, 0.1) is 31.0 Å². The fourth-order valence-corrected chi connectivity index (χ4v) is 7.41. The minimum atomic E-state index is -3.37. The number of hydrogen-bond acceptors (Lipinski definition) is 10. The van der Waals surface area contributed by atoms with Gasteiger partial charge in [0.1, 0.15) is 6.10 Å². The summed E-state index contributed by atoms with van der Waals surface area (Å²) in [6.45, 7) is 4.41. The molecule has 1 atom stereocenters. The third-order valence-corrected chi connectivity index (χ3v) is 10.6. The molecule has 0 aliphatic carbocycles. The van der Waals surface area contributed by atoms with Crippen LogP contribution in [-0.2, 0) is 33.6 Å². The Balaban J connectivity index is 2.12. The maximum Gasteiger partial charge on any atom is 0.316 e. The van der Waals surface area contributed by atoms with Gasteiger partial charge in [-0.25, -0.2) is 18.4 Å². The maximum absolute atomic E-state index is 12.9. The molecule has 0 spiro atoms. The number of hydrogen-bond donors (Lipinski definition) is 0. The Morgan fingerprint density at radius 3 is 1.54 bits per heavy atom. The van der Waals surface area contributed by atoms with E-state index >= 15 is 0 Å². The molecule has 0 aliphatic rings. The van der Waals surface area contributed by atoms with Crippen LogP contribution in [0.5, 0.6) is 6.01 Å². The number of aromatic nitrogens is 2. The minimum absolute atomic E-state index is 0.0853. The van der Waals surface area contributed by atoms with E-state index < -0.39 is 26.1 Å². The highest BCUT2D eigenvalue weighted by Crippen LogP contribution is 2.14. The summed E-state index contributed by atoms with van der Waals surface area (Å²) in [5.74, 6) is -0.0499. The van der Waals surface area contributed by atoms with Crippen LogP contribution in [0.25, 0.3) is 0 Å². The van der Waals surface area contributed by atoms with Crippen LogP contribution >= 0.6 is 0 Å². The molecule has 0 radical (unpaired) electrons. The lowest BCUT2D eigenvalue weighted by atomic mass is 10.0. The fourth-order valence-electron chi connectivity index (χ4n) is 5.44. The summed E-state index contributed by atoms with van der Waals surface area (Å²) in [4.78, 5) is 8.18. The first kappa shape index (κ1) is 44.7. The quantitative estimate of drug-likeness (QED) is 0.0493. The molecule has 1 unspecified atom stereocenters. The van der Waals surface area contributed by atoms with Crippen molar-refractivity contribution in [3.8, 4) is 6.01 Å². The number of ether oxygens (including phenoxy) is 3. The van der Waals surface area contributed by atoms with Gasteiger partial charge < -0.3 is 14.2 Å². The van der Waals surface area contributed by atoms with Crippen LogP contribution in [0.3, 0.4) is 0 Å². The Hall–Kier alpha value is -1.34.